The fourth-order valence-electron chi connectivity index (χ4n) is 10.4. The largest absolute Gasteiger partial charge is 0.348 e. The van der Waals surface area contributed by atoms with Gasteiger partial charge in [-0.15, -0.1) is 11.3 Å². The van der Waals surface area contributed by atoms with Gasteiger partial charge in [-0.2, -0.15) is 8.42 Å². The molecule has 4 fully saturated rings. The number of hydrogen-bond donors (Lipinski definition) is 2. The number of rotatable bonds is 8. The minimum atomic E-state index is -4.13. The average molecular weight is 626 g/mol. The number of Topliss-reactive ketones (excluding diaryl/α,β-unsaturated/α-hetero) is 1. The molecule has 2 N–H and O–H groups in total. The number of halogens is 1. The van der Waals surface area contributed by atoms with E-state index >= 15 is 0 Å². The minimum absolute atomic E-state index is 0.0325. The molecule has 1 aromatic heterocycles. The Balaban J connectivity index is 1.34. The maximum Gasteiger partial charge on any atom is 0.265 e. The predicted octanol–water partition coefficient (Wildman–Crippen LogP) is 7.58. The Labute approximate surface area is 255 Å². The summed E-state index contributed by atoms with van der Waals surface area (Å²) >= 11 is 7.71. The minimum Gasteiger partial charge on any atom is -0.348 e. The lowest BCUT2D eigenvalue weighted by Crippen LogP contribution is -2.57. The molecule has 1 amide bonds. The number of carbonyl (C=O) groups excluding carboxylic acids is 2. The molecule has 4 saturated carbocycles. The number of nitrogens with one attached hydrogen (secondary N) is 1. The zero-order valence-electron chi connectivity index (χ0n) is 25.2. The summed E-state index contributed by atoms with van der Waals surface area (Å²) in [7, 11) is -4.13. The molecule has 5 unspecified atom stereocenters. The fraction of sp³-hybridized carbons (Fsp3) is 0.812. The quantitative estimate of drug-likeness (QED) is 0.290. The topological polar surface area (TPSA) is 101 Å². The Bertz CT molecular complexity index is 1260. The third-order valence-corrected chi connectivity index (χ3v) is 14.4. The first-order valence-electron chi connectivity index (χ1n) is 15.6. The second-order valence-electron chi connectivity index (χ2n) is 14.8. The van der Waals surface area contributed by atoms with Crippen molar-refractivity contribution >= 4 is 44.7 Å². The Hall–Kier alpha value is -0.960. The predicted molar refractivity (Wildman–Crippen MR) is 164 cm³/mol. The van der Waals surface area contributed by atoms with Gasteiger partial charge in [0.15, 0.2) is 0 Å². The van der Waals surface area contributed by atoms with Gasteiger partial charge in [0.2, 0.25) is 5.91 Å². The molecule has 4 aliphatic carbocycles. The molecule has 1 aromatic rings. The van der Waals surface area contributed by atoms with Gasteiger partial charge in [-0.05, 0) is 109 Å². The Kier molecular flexibility index (Phi) is 8.84. The van der Waals surface area contributed by atoms with Gasteiger partial charge in [0.05, 0.1) is 16.1 Å². The highest BCUT2D eigenvalue weighted by Crippen LogP contribution is 2.69. The molecule has 0 saturated heterocycles. The third-order valence-electron chi connectivity index (χ3n) is 12.2. The summed E-state index contributed by atoms with van der Waals surface area (Å²) in [5.41, 5.74) is 0.0838. The van der Waals surface area contributed by atoms with Crippen LogP contribution in [0.4, 0.5) is 0 Å². The lowest BCUT2D eigenvalue weighted by Gasteiger charge is -2.62. The SMILES string of the molecule is CC(C)[C@H](NC(=O)C[C@@H](C)C1CC[C@H]2C3[C@H](CS(=O)(=O)O)CC4CC(=O)CCC4(C)[C@H]3CCC12C)c1ccc(Cl)s1. The molecule has 6 nitrogen and oxygen atoms in total. The number of amides is 1. The first-order valence-corrected chi connectivity index (χ1v) is 18.4. The van der Waals surface area contributed by atoms with E-state index in [-0.39, 0.29) is 58.1 Å². The summed E-state index contributed by atoms with van der Waals surface area (Å²) in [4.78, 5) is 26.9. The summed E-state index contributed by atoms with van der Waals surface area (Å²) in [6.07, 6.45) is 7.45. The molecule has 0 spiro atoms. The molecular formula is C32H48ClNO5S2. The van der Waals surface area contributed by atoms with E-state index in [9.17, 15) is 22.6 Å². The van der Waals surface area contributed by atoms with Crippen LogP contribution in [0.2, 0.25) is 4.34 Å². The summed E-state index contributed by atoms with van der Waals surface area (Å²) in [6.45, 7) is 11.2. The lowest BCUT2D eigenvalue weighted by molar-refractivity contribution is -0.150. The maximum absolute atomic E-state index is 13.4. The first-order chi connectivity index (χ1) is 19.1. The summed E-state index contributed by atoms with van der Waals surface area (Å²) in [6, 6.07) is 3.83. The van der Waals surface area contributed by atoms with Crippen molar-refractivity contribution in [2.24, 2.45) is 58.2 Å². The summed E-state index contributed by atoms with van der Waals surface area (Å²) < 4.78 is 35.1. The lowest BCUT2D eigenvalue weighted by atomic mass is 9.42. The van der Waals surface area contributed by atoms with E-state index in [1.54, 1.807) is 0 Å². The Morgan fingerprint density at radius 3 is 2.46 bits per heavy atom. The van der Waals surface area contributed by atoms with Crippen LogP contribution in [-0.4, -0.2) is 30.4 Å². The standard InChI is InChI=1S/C32H48ClNO5S2/c1-18(2)30(26-8-9-27(33)40-26)34-28(36)14-19(3)23-6-7-24-29-20(17-41(37,38)39)15-21-16-22(35)10-12-31(21,4)25(29)11-13-32(23,24)5/h8-9,18-21,23-25,29-30H,6-7,10-17H2,1-5H3,(H,34,36)(H,37,38,39)/t19-,20+,21?,23?,24+,25+,29?,30+,31?,32?/m1/s1. The molecular weight excluding hydrogens is 578 g/mol. The van der Waals surface area contributed by atoms with Crippen LogP contribution in [0.15, 0.2) is 12.1 Å². The molecule has 41 heavy (non-hydrogen) atoms. The molecule has 0 radical (unpaired) electrons. The normalized spacial score (nSPS) is 38.6. The van der Waals surface area contributed by atoms with E-state index in [2.05, 4.69) is 39.9 Å². The monoisotopic (exact) mass is 625 g/mol. The molecule has 10 atom stereocenters. The Morgan fingerprint density at radius 2 is 1.83 bits per heavy atom. The molecule has 9 heteroatoms. The smallest absolute Gasteiger partial charge is 0.265 e. The van der Waals surface area contributed by atoms with E-state index in [1.165, 1.54) is 11.3 Å². The van der Waals surface area contributed by atoms with Gasteiger partial charge in [0.1, 0.15) is 5.78 Å². The second kappa shape index (κ2) is 11.5. The summed E-state index contributed by atoms with van der Waals surface area (Å²) in [5.74, 6) is 2.07. The van der Waals surface area contributed by atoms with Gasteiger partial charge < -0.3 is 5.32 Å². The van der Waals surface area contributed by atoms with Crippen molar-refractivity contribution in [1.82, 2.24) is 5.32 Å². The number of hydrogen-bond acceptors (Lipinski definition) is 5. The van der Waals surface area contributed by atoms with Crippen molar-refractivity contribution in [3.8, 4) is 0 Å². The van der Waals surface area contributed by atoms with Crippen LogP contribution < -0.4 is 5.32 Å². The van der Waals surface area contributed by atoms with Crippen LogP contribution in [0, 0.1) is 58.2 Å². The maximum atomic E-state index is 13.4. The van der Waals surface area contributed by atoms with Gasteiger partial charge in [0.25, 0.3) is 10.1 Å². The van der Waals surface area contributed by atoms with Crippen LogP contribution >= 0.6 is 22.9 Å². The van der Waals surface area contributed by atoms with Crippen molar-refractivity contribution in [3.63, 3.8) is 0 Å². The number of ketones is 1. The number of fused-ring (bicyclic) bond motifs is 5. The van der Waals surface area contributed by atoms with Crippen molar-refractivity contribution in [2.75, 3.05) is 5.75 Å². The van der Waals surface area contributed by atoms with Crippen LogP contribution in [0.3, 0.4) is 0 Å². The molecule has 0 bridgehead atoms. The van der Waals surface area contributed by atoms with Crippen LogP contribution in [0.25, 0.3) is 0 Å². The fourth-order valence-corrected chi connectivity index (χ4v) is 12.5. The molecule has 0 aromatic carbocycles. The highest BCUT2D eigenvalue weighted by Gasteiger charge is 2.63. The van der Waals surface area contributed by atoms with Gasteiger partial charge in [-0.1, -0.05) is 46.2 Å². The van der Waals surface area contributed by atoms with Crippen molar-refractivity contribution in [1.29, 1.82) is 0 Å². The highest BCUT2D eigenvalue weighted by atomic mass is 35.5. The Morgan fingerprint density at radius 1 is 1.12 bits per heavy atom. The number of thiophene rings is 1. The van der Waals surface area contributed by atoms with Gasteiger partial charge in [-0.3, -0.25) is 14.1 Å². The van der Waals surface area contributed by atoms with E-state index in [1.807, 2.05) is 12.1 Å². The third kappa shape index (κ3) is 6.06. The molecule has 0 aliphatic heterocycles. The van der Waals surface area contributed by atoms with Crippen molar-refractivity contribution in [2.45, 2.75) is 98.4 Å². The molecule has 1 heterocycles. The first kappa shape index (κ1) is 31.5. The van der Waals surface area contributed by atoms with Crippen LogP contribution in [0.5, 0.6) is 0 Å². The zero-order valence-corrected chi connectivity index (χ0v) is 27.6. The van der Waals surface area contributed by atoms with Gasteiger partial charge in [-0.25, -0.2) is 0 Å². The van der Waals surface area contributed by atoms with E-state index < -0.39 is 10.1 Å². The van der Waals surface area contributed by atoms with Crippen molar-refractivity contribution in [3.05, 3.63) is 21.3 Å². The van der Waals surface area contributed by atoms with E-state index in [0.717, 1.165) is 41.3 Å². The number of carbonyl (C=O) groups is 2. The molecule has 4 aliphatic rings. The summed E-state index contributed by atoms with van der Waals surface area (Å²) in [5, 5.41) is 3.29. The molecule has 230 valence electrons. The average Bonchev–Trinajstić information content (AvgIpc) is 3.45. The highest BCUT2D eigenvalue weighted by molar-refractivity contribution is 7.85. The second-order valence-corrected chi connectivity index (χ2v) is 18.1. The van der Waals surface area contributed by atoms with Crippen LogP contribution in [-0.2, 0) is 19.7 Å². The van der Waals surface area contributed by atoms with Crippen molar-refractivity contribution < 1.29 is 22.6 Å². The zero-order chi connectivity index (χ0) is 29.9. The van der Waals surface area contributed by atoms with Crippen LogP contribution in [0.1, 0.15) is 103 Å². The van der Waals surface area contributed by atoms with Gasteiger partial charge in [0, 0.05) is 24.1 Å². The van der Waals surface area contributed by atoms with E-state index in [4.69, 9.17) is 11.6 Å². The van der Waals surface area contributed by atoms with E-state index in [0.29, 0.717) is 49.2 Å². The molecule has 5 rings (SSSR count). The van der Waals surface area contributed by atoms with Gasteiger partial charge >= 0.3 is 0 Å².